The monoisotopic (exact) mass is 425 g/mol. The van der Waals surface area contributed by atoms with Crippen LogP contribution in [-0.2, 0) is 28.8 Å². The summed E-state index contributed by atoms with van der Waals surface area (Å²) >= 11 is 0. The summed E-state index contributed by atoms with van der Waals surface area (Å²) in [5, 5.41) is 0. The molecule has 1 aliphatic rings. The number of ether oxygens (including phenoxy) is 1. The molecule has 0 aliphatic carbocycles. The van der Waals surface area contributed by atoms with E-state index in [-0.39, 0.29) is 11.9 Å². The summed E-state index contributed by atoms with van der Waals surface area (Å²) in [4.78, 5) is 15.4. The van der Waals surface area contributed by atoms with Gasteiger partial charge in [0.15, 0.2) is 5.72 Å². The van der Waals surface area contributed by atoms with Gasteiger partial charge >= 0.3 is 0 Å². The van der Waals surface area contributed by atoms with Gasteiger partial charge in [0.1, 0.15) is 0 Å². The maximum atomic E-state index is 13.4. The quantitative estimate of drug-likeness (QED) is 0.461. The van der Waals surface area contributed by atoms with Crippen LogP contribution >= 0.6 is 0 Å². The number of hydrogen-bond donors (Lipinski definition) is 0. The zero-order chi connectivity index (χ0) is 22.6. The third-order valence-electron chi connectivity index (χ3n) is 6.34. The normalized spacial score (nSPS) is 18.9. The van der Waals surface area contributed by atoms with E-state index in [0.29, 0.717) is 12.8 Å². The highest BCUT2D eigenvalue weighted by molar-refractivity contribution is 5.88. The van der Waals surface area contributed by atoms with Crippen LogP contribution in [0.15, 0.2) is 104 Å². The Morgan fingerprint density at radius 2 is 1.28 bits per heavy atom. The van der Waals surface area contributed by atoms with Crippen LogP contribution in [0.4, 0.5) is 0 Å². The first-order valence-corrected chi connectivity index (χ1v) is 11.2. The van der Waals surface area contributed by atoms with Crippen LogP contribution in [0.5, 0.6) is 0 Å². The first-order chi connectivity index (χ1) is 15.4. The molecule has 164 valence electrons. The summed E-state index contributed by atoms with van der Waals surface area (Å²) in [5.74, 6) is -0.0941. The molecule has 4 rings (SSSR count). The van der Waals surface area contributed by atoms with Gasteiger partial charge < -0.3 is 9.64 Å². The second-order valence-corrected chi connectivity index (χ2v) is 9.09. The highest BCUT2D eigenvalue weighted by Gasteiger charge is 2.57. The summed E-state index contributed by atoms with van der Waals surface area (Å²) in [7, 11) is 0. The number of amides is 1. The van der Waals surface area contributed by atoms with Crippen molar-refractivity contribution in [1.29, 1.82) is 0 Å². The highest BCUT2D eigenvalue weighted by Crippen LogP contribution is 2.44. The van der Waals surface area contributed by atoms with E-state index in [9.17, 15) is 4.79 Å². The Morgan fingerprint density at radius 3 is 1.72 bits per heavy atom. The SMILES string of the molecule is C=CC(=O)N1C(Cc2ccccc2)C(C)(C)OC1(Cc1ccccc1)Cc1ccccc1. The minimum absolute atomic E-state index is 0.0941. The summed E-state index contributed by atoms with van der Waals surface area (Å²) in [6.45, 7) is 8.03. The zero-order valence-electron chi connectivity index (χ0n) is 18.9. The number of hydrogen-bond acceptors (Lipinski definition) is 2. The van der Waals surface area contributed by atoms with E-state index >= 15 is 0 Å². The molecular weight excluding hydrogens is 394 g/mol. The van der Waals surface area contributed by atoms with E-state index in [2.05, 4.69) is 56.8 Å². The molecule has 3 heteroatoms. The Bertz CT molecular complexity index is 1000. The Balaban J connectivity index is 1.81. The largest absolute Gasteiger partial charge is 0.347 e. The van der Waals surface area contributed by atoms with Gasteiger partial charge in [-0.15, -0.1) is 0 Å². The molecule has 32 heavy (non-hydrogen) atoms. The predicted octanol–water partition coefficient (Wildman–Crippen LogP) is 5.60. The van der Waals surface area contributed by atoms with Gasteiger partial charge in [0.25, 0.3) is 0 Å². The van der Waals surface area contributed by atoms with E-state index in [1.54, 1.807) is 0 Å². The molecule has 1 aliphatic heterocycles. The van der Waals surface area contributed by atoms with Crippen molar-refractivity contribution in [3.05, 3.63) is 120 Å². The molecule has 1 saturated heterocycles. The molecule has 0 radical (unpaired) electrons. The molecule has 1 amide bonds. The number of rotatable bonds is 7. The fraction of sp³-hybridized carbons (Fsp3) is 0.276. The Morgan fingerprint density at radius 1 is 0.844 bits per heavy atom. The molecule has 3 aromatic rings. The lowest BCUT2D eigenvalue weighted by atomic mass is 9.90. The number of benzene rings is 3. The molecular formula is C29H31NO2. The molecule has 0 aromatic heterocycles. The van der Waals surface area contributed by atoms with Crippen molar-refractivity contribution >= 4 is 5.91 Å². The van der Waals surface area contributed by atoms with E-state index in [1.807, 2.05) is 59.5 Å². The summed E-state index contributed by atoms with van der Waals surface area (Å²) < 4.78 is 6.92. The van der Waals surface area contributed by atoms with Crippen molar-refractivity contribution in [3.8, 4) is 0 Å². The molecule has 1 atom stereocenters. The lowest BCUT2D eigenvalue weighted by Crippen LogP contribution is -2.54. The van der Waals surface area contributed by atoms with Gasteiger partial charge in [-0.2, -0.15) is 0 Å². The van der Waals surface area contributed by atoms with E-state index < -0.39 is 11.3 Å². The lowest BCUT2D eigenvalue weighted by Gasteiger charge is -2.39. The summed E-state index contributed by atoms with van der Waals surface area (Å²) in [5.41, 5.74) is 2.13. The predicted molar refractivity (Wildman–Crippen MR) is 129 cm³/mol. The Hall–Kier alpha value is -3.17. The van der Waals surface area contributed by atoms with Gasteiger partial charge in [0.2, 0.25) is 5.91 Å². The second-order valence-electron chi connectivity index (χ2n) is 9.09. The molecule has 1 fully saturated rings. The Kier molecular flexibility index (Phi) is 6.29. The van der Waals surface area contributed by atoms with Crippen molar-refractivity contribution in [2.45, 2.75) is 50.5 Å². The third-order valence-corrected chi connectivity index (χ3v) is 6.34. The van der Waals surface area contributed by atoms with Gasteiger partial charge in [0, 0.05) is 12.8 Å². The minimum Gasteiger partial charge on any atom is -0.347 e. The molecule has 0 N–H and O–H groups in total. The highest BCUT2D eigenvalue weighted by atomic mass is 16.6. The van der Waals surface area contributed by atoms with Crippen LogP contribution in [0.3, 0.4) is 0 Å². The first-order valence-electron chi connectivity index (χ1n) is 11.2. The molecule has 1 heterocycles. The first kappa shape index (κ1) is 22.0. The smallest absolute Gasteiger partial charge is 0.248 e. The third kappa shape index (κ3) is 4.53. The standard InChI is InChI=1S/C29H31NO2/c1-4-27(31)30-26(20-23-14-8-5-9-15-23)28(2,3)32-29(30,21-24-16-10-6-11-17-24)22-25-18-12-7-13-19-25/h4-19,26H,1,20-22H2,2-3H3. The Labute approximate surface area is 191 Å². The number of carbonyl (C=O) groups excluding carboxylic acids is 1. The van der Waals surface area contributed by atoms with Gasteiger partial charge in [-0.1, -0.05) is 97.6 Å². The number of nitrogens with zero attached hydrogens (tertiary/aromatic N) is 1. The maximum Gasteiger partial charge on any atom is 0.248 e. The molecule has 3 aromatic carbocycles. The topological polar surface area (TPSA) is 29.5 Å². The zero-order valence-corrected chi connectivity index (χ0v) is 18.9. The van der Waals surface area contributed by atoms with Crippen LogP contribution in [0, 0.1) is 0 Å². The van der Waals surface area contributed by atoms with Crippen molar-refractivity contribution in [2.24, 2.45) is 0 Å². The van der Waals surface area contributed by atoms with Gasteiger partial charge in [-0.25, -0.2) is 0 Å². The fourth-order valence-corrected chi connectivity index (χ4v) is 4.96. The average molecular weight is 426 g/mol. The van der Waals surface area contributed by atoms with Crippen LogP contribution in [-0.4, -0.2) is 28.2 Å². The van der Waals surface area contributed by atoms with E-state index in [1.165, 1.54) is 11.6 Å². The van der Waals surface area contributed by atoms with Gasteiger partial charge in [0.05, 0.1) is 11.6 Å². The lowest BCUT2D eigenvalue weighted by molar-refractivity contribution is -0.153. The minimum atomic E-state index is -0.809. The van der Waals surface area contributed by atoms with Gasteiger partial charge in [-0.3, -0.25) is 4.79 Å². The molecule has 1 unspecified atom stereocenters. The molecule has 0 bridgehead atoms. The van der Waals surface area contributed by atoms with Gasteiger partial charge in [-0.05, 0) is 43.0 Å². The van der Waals surface area contributed by atoms with Crippen LogP contribution in [0.25, 0.3) is 0 Å². The van der Waals surface area contributed by atoms with Crippen molar-refractivity contribution in [1.82, 2.24) is 4.90 Å². The molecule has 0 spiro atoms. The van der Waals surface area contributed by atoms with Crippen LogP contribution < -0.4 is 0 Å². The van der Waals surface area contributed by atoms with Crippen LogP contribution in [0.2, 0.25) is 0 Å². The van der Waals surface area contributed by atoms with Crippen molar-refractivity contribution in [3.63, 3.8) is 0 Å². The summed E-state index contributed by atoms with van der Waals surface area (Å²) in [6.07, 6.45) is 3.36. The molecule has 0 saturated carbocycles. The average Bonchev–Trinajstić information content (AvgIpc) is 3.00. The van der Waals surface area contributed by atoms with Crippen molar-refractivity contribution < 1.29 is 9.53 Å². The van der Waals surface area contributed by atoms with E-state index in [4.69, 9.17) is 4.74 Å². The fourth-order valence-electron chi connectivity index (χ4n) is 4.96. The van der Waals surface area contributed by atoms with E-state index in [0.717, 1.165) is 17.5 Å². The van der Waals surface area contributed by atoms with Crippen molar-refractivity contribution in [2.75, 3.05) is 0 Å². The molecule has 3 nitrogen and oxygen atoms in total. The summed E-state index contributed by atoms with van der Waals surface area (Å²) in [6, 6.07) is 30.8. The van der Waals surface area contributed by atoms with Crippen LogP contribution in [0.1, 0.15) is 30.5 Å². The number of carbonyl (C=O) groups is 1. The second kappa shape index (κ2) is 9.13. The maximum absolute atomic E-state index is 13.4.